The Balaban J connectivity index is 1.27. The van der Waals surface area contributed by atoms with E-state index >= 15 is 0 Å². The molecule has 2 atom stereocenters. The summed E-state index contributed by atoms with van der Waals surface area (Å²) in [7, 11) is 2.70. The fourth-order valence-electron chi connectivity index (χ4n) is 4.11. The number of benzene rings is 2. The Morgan fingerprint density at radius 2 is 1.77 bits per heavy atom. The number of ether oxygens (including phenoxy) is 3. The highest BCUT2D eigenvalue weighted by molar-refractivity contribution is 7.27. The van der Waals surface area contributed by atoms with Crippen LogP contribution in [0.4, 0.5) is 0 Å². The van der Waals surface area contributed by atoms with Gasteiger partial charge in [-0.2, -0.15) is 0 Å². The maximum atomic E-state index is 5.87. The van der Waals surface area contributed by atoms with E-state index in [0.29, 0.717) is 19.3 Å². The molecule has 0 spiro atoms. The summed E-state index contributed by atoms with van der Waals surface area (Å²) in [5.41, 5.74) is 1.30. The first-order chi connectivity index (χ1) is 14.8. The maximum Gasteiger partial charge on any atom is 0.161 e. The number of rotatable bonds is 10. The Hall–Kier alpha value is -1.81. The van der Waals surface area contributed by atoms with Crippen molar-refractivity contribution in [3.63, 3.8) is 0 Å². The van der Waals surface area contributed by atoms with E-state index in [0.717, 1.165) is 49.8 Å². The topological polar surface area (TPSA) is 43.0 Å². The first kappa shape index (κ1) is 21.4. The molecule has 0 saturated carbocycles. The van der Waals surface area contributed by atoms with Crippen molar-refractivity contribution in [2.45, 2.75) is 31.7 Å². The fourth-order valence-corrected chi connectivity index (χ4v) is 4.30. The van der Waals surface area contributed by atoms with Crippen molar-refractivity contribution in [2.75, 3.05) is 46.0 Å². The normalized spacial score (nSPS) is 17.1. The van der Waals surface area contributed by atoms with Gasteiger partial charge in [-0.3, -0.25) is 0 Å². The first-order valence-electron chi connectivity index (χ1n) is 11.1. The van der Waals surface area contributed by atoms with Gasteiger partial charge in [0.1, 0.15) is 19.0 Å². The summed E-state index contributed by atoms with van der Waals surface area (Å²) < 4.78 is 17.3. The van der Waals surface area contributed by atoms with Crippen molar-refractivity contribution in [1.29, 1.82) is 0 Å². The molecule has 2 aromatic rings. The molecule has 5 nitrogen and oxygen atoms in total. The van der Waals surface area contributed by atoms with Gasteiger partial charge >= 0.3 is 0 Å². The van der Waals surface area contributed by atoms with Crippen LogP contribution in [0.25, 0.3) is 0 Å². The standard InChI is InChI=1S/C24H33N2O3P/c30-22-7-5-21(6-8-22)27-13-3-10-25-20(18-26-11-1-2-12-26)16-19-4-9-23-24(17-19)29-15-14-28-23/h4-9,17,20,25H,1-3,10-16,18,30H2. The third-order valence-corrected chi connectivity index (χ3v) is 6.05. The second kappa shape index (κ2) is 11.0. The predicted molar refractivity (Wildman–Crippen MR) is 124 cm³/mol. The second-order valence-electron chi connectivity index (χ2n) is 8.11. The Morgan fingerprint density at radius 1 is 1.00 bits per heavy atom. The van der Waals surface area contributed by atoms with Crippen LogP contribution in [-0.4, -0.2) is 56.9 Å². The molecule has 0 amide bonds. The van der Waals surface area contributed by atoms with E-state index in [4.69, 9.17) is 14.2 Å². The van der Waals surface area contributed by atoms with E-state index in [2.05, 4.69) is 43.7 Å². The van der Waals surface area contributed by atoms with Crippen LogP contribution in [0.2, 0.25) is 0 Å². The SMILES string of the molecule is Pc1ccc(OCCCNC(Cc2ccc3c(c2)OCCO3)CN2CCCC2)cc1. The van der Waals surface area contributed by atoms with E-state index in [1.54, 1.807) is 0 Å². The molecule has 2 aliphatic rings. The van der Waals surface area contributed by atoms with Gasteiger partial charge in [0.15, 0.2) is 11.5 Å². The third kappa shape index (κ3) is 6.34. The molecule has 1 fully saturated rings. The highest BCUT2D eigenvalue weighted by Gasteiger charge is 2.19. The zero-order chi connectivity index (χ0) is 20.6. The summed E-state index contributed by atoms with van der Waals surface area (Å²) in [5.74, 6) is 2.68. The summed E-state index contributed by atoms with van der Waals surface area (Å²) in [6, 6.07) is 14.9. The van der Waals surface area contributed by atoms with Crippen LogP contribution >= 0.6 is 9.24 Å². The minimum absolute atomic E-state index is 0.419. The first-order valence-corrected chi connectivity index (χ1v) is 11.7. The minimum Gasteiger partial charge on any atom is -0.494 e. The molecule has 162 valence electrons. The van der Waals surface area contributed by atoms with Crippen LogP contribution in [0, 0.1) is 0 Å². The molecule has 2 aliphatic heterocycles. The van der Waals surface area contributed by atoms with Gasteiger partial charge in [-0.1, -0.05) is 18.2 Å². The van der Waals surface area contributed by atoms with E-state index in [1.807, 2.05) is 18.2 Å². The summed E-state index contributed by atoms with van der Waals surface area (Å²) in [5, 5.41) is 4.95. The largest absolute Gasteiger partial charge is 0.494 e. The second-order valence-corrected chi connectivity index (χ2v) is 8.78. The lowest BCUT2D eigenvalue weighted by Gasteiger charge is -2.25. The van der Waals surface area contributed by atoms with Gasteiger partial charge in [-0.15, -0.1) is 9.24 Å². The Kier molecular flexibility index (Phi) is 7.85. The highest BCUT2D eigenvalue weighted by Crippen LogP contribution is 2.31. The average Bonchev–Trinajstić information content (AvgIpc) is 3.28. The van der Waals surface area contributed by atoms with Crippen molar-refractivity contribution < 1.29 is 14.2 Å². The molecular formula is C24H33N2O3P. The average molecular weight is 429 g/mol. The zero-order valence-corrected chi connectivity index (χ0v) is 18.8. The number of hydrogen-bond acceptors (Lipinski definition) is 5. The Labute approximate surface area is 182 Å². The van der Waals surface area contributed by atoms with Gasteiger partial charge in [0.25, 0.3) is 0 Å². The number of hydrogen-bond donors (Lipinski definition) is 1. The van der Waals surface area contributed by atoms with E-state index < -0.39 is 0 Å². The molecule has 0 aromatic heterocycles. The van der Waals surface area contributed by atoms with Crippen molar-refractivity contribution in [1.82, 2.24) is 10.2 Å². The van der Waals surface area contributed by atoms with Crippen LogP contribution in [0.15, 0.2) is 42.5 Å². The van der Waals surface area contributed by atoms with Gasteiger partial charge < -0.3 is 24.4 Å². The van der Waals surface area contributed by atoms with Gasteiger partial charge in [0.05, 0.1) is 6.61 Å². The van der Waals surface area contributed by atoms with Crippen molar-refractivity contribution in [2.24, 2.45) is 0 Å². The monoisotopic (exact) mass is 428 g/mol. The van der Waals surface area contributed by atoms with E-state index in [-0.39, 0.29) is 0 Å². The summed E-state index contributed by atoms with van der Waals surface area (Å²) in [4.78, 5) is 2.58. The minimum atomic E-state index is 0.419. The van der Waals surface area contributed by atoms with Crippen molar-refractivity contribution >= 4 is 14.5 Å². The van der Waals surface area contributed by atoms with Crippen LogP contribution in [0.3, 0.4) is 0 Å². The molecule has 2 aromatic carbocycles. The molecule has 1 N–H and O–H groups in total. The Bertz CT molecular complexity index is 794. The lowest BCUT2D eigenvalue weighted by Crippen LogP contribution is -2.42. The van der Waals surface area contributed by atoms with E-state index in [1.165, 1.54) is 36.8 Å². The molecule has 0 bridgehead atoms. The fraction of sp³-hybridized carbons (Fsp3) is 0.500. The summed E-state index contributed by atoms with van der Waals surface area (Å²) in [6.07, 6.45) is 4.61. The van der Waals surface area contributed by atoms with Crippen LogP contribution in [0.5, 0.6) is 17.2 Å². The predicted octanol–water partition coefficient (Wildman–Crippen LogP) is 3.02. The van der Waals surface area contributed by atoms with Crippen LogP contribution in [0.1, 0.15) is 24.8 Å². The summed E-state index contributed by atoms with van der Waals surface area (Å²) in [6.45, 7) is 6.46. The highest BCUT2D eigenvalue weighted by atomic mass is 31.0. The molecule has 2 heterocycles. The lowest BCUT2D eigenvalue weighted by molar-refractivity contribution is 0.171. The van der Waals surface area contributed by atoms with Gasteiger partial charge in [0.2, 0.25) is 0 Å². The van der Waals surface area contributed by atoms with Crippen LogP contribution in [-0.2, 0) is 6.42 Å². The molecule has 0 aliphatic carbocycles. The number of likely N-dealkylation sites (tertiary alicyclic amines) is 1. The maximum absolute atomic E-state index is 5.87. The lowest BCUT2D eigenvalue weighted by atomic mass is 10.0. The number of nitrogens with one attached hydrogen (secondary N) is 1. The van der Waals surface area contributed by atoms with Gasteiger partial charge in [-0.25, -0.2) is 0 Å². The molecule has 2 unspecified atom stereocenters. The molecule has 1 saturated heterocycles. The van der Waals surface area contributed by atoms with Crippen molar-refractivity contribution in [3.8, 4) is 17.2 Å². The number of fused-ring (bicyclic) bond motifs is 1. The molecular weight excluding hydrogens is 395 g/mol. The van der Waals surface area contributed by atoms with Crippen LogP contribution < -0.4 is 24.8 Å². The number of nitrogens with zero attached hydrogens (tertiary/aromatic N) is 1. The Morgan fingerprint density at radius 3 is 2.57 bits per heavy atom. The molecule has 30 heavy (non-hydrogen) atoms. The molecule has 4 rings (SSSR count). The smallest absolute Gasteiger partial charge is 0.161 e. The van der Waals surface area contributed by atoms with Gasteiger partial charge in [-0.05, 0) is 80.5 Å². The quantitative estimate of drug-likeness (QED) is 0.466. The molecule has 0 radical (unpaired) electrons. The van der Waals surface area contributed by atoms with Gasteiger partial charge in [0, 0.05) is 12.6 Å². The van der Waals surface area contributed by atoms with Crippen molar-refractivity contribution in [3.05, 3.63) is 48.0 Å². The third-order valence-electron chi connectivity index (χ3n) is 5.67. The molecule has 6 heteroatoms. The zero-order valence-electron chi connectivity index (χ0n) is 17.6. The summed E-state index contributed by atoms with van der Waals surface area (Å²) >= 11 is 0. The van der Waals surface area contributed by atoms with E-state index in [9.17, 15) is 0 Å².